The van der Waals surface area contributed by atoms with Crippen molar-refractivity contribution in [2.24, 2.45) is 0 Å². The van der Waals surface area contributed by atoms with Crippen LogP contribution >= 0.6 is 11.3 Å². The van der Waals surface area contributed by atoms with Gasteiger partial charge in [0.05, 0.1) is 19.7 Å². The van der Waals surface area contributed by atoms with Crippen molar-refractivity contribution < 1.29 is 14.3 Å². The molecule has 120 valence electrons. The summed E-state index contributed by atoms with van der Waals surface area (Å²) < 4.78 is 7.33. The van der Waals surface area contributed by atoms with Crippen LogP contribution in [0.4, 0.5) is 0 Å². The standard InChI is InChI=1S/C15H16N4O3S/c20-8-7-18(11-14-16-5-9-23-14)15(21)13-3-2-12(22-13)10-19-6-1-4-17-19/h1-6,9,20H,7-8,10-11H2. The predicted molar refractivity (Wildman–Crippen MR) is 84.0 cm³/mol. The molecular weight excluding hydrogens is 316 g/mol. The van der Waals surface area contributed by atoms with Crippen molar-refractivity contribution in [3.05, 3.63) is 58.7 Å². The number of rotatable bonds is 7. The Bertz CT molecular complexity index is 737. The van der Waals surface area contributed by atoms with E-state index in [1.807, 2.05) is 17.6 Å². The number of aromatic nitrogens is 3. The Balaban J connectivity index is 1.70. The number of aliphatic hydroxyl groups is 1. The molecule has 3 rings (SSSR count). The largest absolute Gasteiger partial charge is 0.454 e. The number of carbonyl (C=O) groups is 1. The molecule has 0 bridgehead atoms. The van der Waals surface area contributed by atoms with Crippen molar-refractivity contribution in [1.82, 2.24) is 19.7 Å². The van der Waals surface area contributed by atoms with Gasteiger partial charge in [-0.3, -0.25) is 9.48 Å². The minimum Gasteiger partial charge on any atom is -0.454 e. The van der Waals surface area contributed by atoms with E-state index >= 15 is 0 Å². The molecule has 3 aromatic rings. The quantitative estimate of drug-likeness (QED) is 0.711. The summed E-state index contributed by atoms with van der Waals surface area (Å²) in [6.07, 6.45) is 5.20. The van der Waals surface area contributed by atoms with Gasteiger partial charge >= 0.3 is 0 Å². The summed E-state index contributed by atoms with van der Waals surface area (Å²) in [5, 5.41) is 16.0. The molecule has 0 unspecified atom stereocenters. The molecule has 8 heteroatoms. The molecule has 1 N–H and O–H groups in total. The van der Waals surface area contributed by atoms with Crippen LogP contribution in [0.3, 0.4) is 0 Å². The monoisotopic (exact) mass is 332 g/mol. The van der Waals surface area contributed by atoms with Crippen LogP contribution in [0.25, 0.3) is 0 Å². The second kappa shape index (κ2) is 7.21. The van der Waals surface area contributed by atoms with E-state index in [2.05, 4.69) is 10.1 Å². The molecule has 0 aliphatic carbocycles. The van der Waals surface area contributed by atoms with Crippen molar-refractivity contribution >= 4 is 17.2 Å². The summed E-state index contributed by atoms with van der Waals surface area (Å²) in [4.78, 5) is 18.2. The zero-order valence-corrected chi connectivity index (χ0v) is 13.1. The van der Waals surface area contributed by atoms with Crippen LogP contribution in [-0.4, -0.2) is 43.8 Å². The second-order valence-electron chi connectivity index (χ2n) is 4.85. The normalized spacial score (nSPS) is 10.8. The van der Waals surface area contributed by atoms with Gasteiger partial charge in [0.25, 0.3) is 5.91 Å². The highest BCUT2D eigenvalue weighted by Crippen LogP contribution is 2.15. The molecule has 3 heterocycles. The van der Waals surface area contributed by atoms with Crippen LogP contribution < -0.4 is 0 Å². The lowest BCUT2D eigenvalue weighted by molar-refractivity contribution is 0.0673. The number of thiazole rings is 1. The summed E-state index contributed by atoms with van der Waals surface area (Å²) in [6, 6.07) is 5.23. The van der Waals surface area contributed by atoms with Gasteiger partial charge in [0.2, 0.25) is 0 Å². The third-order valence-electron chi connectivity index (χ3n) is 3.22. The number of hydrogen-bond acceptors (Lipinski definition) is 6. The Morgan fingerprint density at radius 3 is 3.00 bits per heavy atom. The molecule has 3 aromatic heterocycles. The van der Waals surface area contributed by atoms with E-state index in [4.69, 9.17) is 4.42 Å². The first-order chi connectivity index (χ1) is 11.3. The minimum atomic E-state index is -0.263. The minimum absolute atomic E-state index is 0.113. The molecule has 0 aliphatic rings. The number of aliphatic hydroxyl groups excluding tert-OH is 1. The molecule has 7 nitrogen and oxygen atoms in total. The molecule has 0 saturated carbocycles. The molecule has 0 spiro atoms. The Labute approximate surface area is 136 Å². The van der Waals surface area contributed by atoms with Gasteiger partial charge in [0.1, 0.15) is 10.8 Å². The average molecular weight is 332 g/mol. The Kier molecular flexibility index (Phi) is 4.84. The molecule has 0 atom stereocenters. The number of amides is 1. The first-order valence-electron chi connectivity index (χ1n) is 7.11. The van der Waals surface area contributed by atoms with Crippen LogP contribution in [0.15, 0.2) is 46.6 Å². The van der Waals surface area contributed by atoms with Gasteiger partial charge in [-0.2, -0.15) is 5.10 Å². The first kappa shape index (κ1) is 15.4. The summed E-state index contributed by atoms with van der Waals surface area (Å²) in [6.45, 7) is 0.935. The lowest BCUT2D eigenvalue weighted by Crippen LogP contribution is -2.32. The fourth-order valence-corrected chi connectivity index (χ4v) is 2.79. The third kappa shape index (κ3) is 3.85. The maximum absolute atomic E-state index is 12.6. The van der Waals surface area contributed by atoms with E-state index in [0.29, 0.717) is 18.8 Å². The second-order valence-corrected chi connectivity index (χ2v) is 5.82. The number of carbonyl (C=O) groups excluding carboxylic acids is 1. The lowest BCUT2D eigenvalue weighted by atomic mass is 10.3. The number of nitrogens with zero attached hydrogens (tertiary/aromatic N) is 4. The maximum atomic E-state index is 12.6. The number of hydrogen-bond donors (Lipinski definition) is 1. The molecule has 0 radical (unpaired) electrons. The summed E-state index contributed by atoms with van der Waals surface area (Å²) in [5.74, 6) is 0.633. The van der Waals surface area contributed by atoms with Crippen molar-refractivity contribution in [2.45, 2.75) is 13.1 Å². The van der Waals surface area contributed by atoms with Crippen LogP contribution in [0.5, 0.6) is 0 Å². The Hall–Kier alpha value is -2.45. The average Bonchev–Trinajstić information content (AvgIpc) is 3.29. The van der Waals surface area contributed by atoms with Crippen molar-refractivity contribution in [3.63, 3.8) is 0 Å². The Morgan fingerprint density at radius 2 is 2.30 bits per heavy atom. The third-order valence-corrected chi connectivity index (χ3v) is 3.98. The zero-order chi connectivity index (χ0) is 16.1. The van der Waals surface area contributed by atoms with E-state index in [1.165, 1.54) is 16.2 Å². The molecule has 0 saturated heterocycles. The highest BCUT2D eigenvalue weighted by molar-refractivity contribution is 7.09. The summed E-state index contributed by atoms with van der Waals surface area (Å²) in [7, 11) is 0. The summed E-state index contributed by atoms with van der Waals surface area (Å²) >= 11 is 1.47. The van der Waals surface area contributed by atoms with Gasteiger partial charge in [-0.15, -0.1) is 11.3 Å². The molecule has 1 amide bonds. The fraction of sp³-hybridized carbons (Fsp3) is 0.267. The predicted octanol–water partition coefficient (Wildman–Crippen LogP) is 1.62. The van der Waals surface area contributed by atoms with E-state index in [0.717, 1.165) is 5.01 Å². The number of furan rings is 1. The van der Waals surface area contributed by atoms with Crippen molar-refractivity contribution in [1.29, 1.82) is 0 Å². The topological polar surface area (TPSA) is 84.4 Å². The van der Waals surface area contributed by atoms with E-state index in [1.54, 1.807) is 29.2 Å². The van der Waals surface area contributed by atoms with Crippen LogP contribution in [0.2, 0.25) is 0 Å². The smallest absolute Gasteiger partial charge is 0.290 e. The maximum Gasteiger partial charge on any atom is 0.290 e. The summed E-state index contributed by atoms with van der Waals surface area (Å²) in [5.41, 5.74) is 0. The first-order valence-corrected chi connectivity index (χ1v) is 7.99. The van der Waals surface area contributed by atoms with Crippen LogP contribution in [0, 0.1) is 0 Å². The lowest BCUT2D eigenvalue weighted by Gasteiger charge is -2.19. The van der Waals surface area contributed by atoms with Gasteiger partial charge < -0.3 is 14.4 Å². The van der Waals surface area contributed by atoms with Crippen LogP contribution in [0.1, 0.15) is 21.3 Å². The molecular formula is C15H16N4O3S. The van der Waals surface area contributed by atoms with Gasteiger partial charge in [-0.05, 0) is 18.2 Å². The Morgan fingerprint density at radius 1 is 1.39 bits per heavy atom. The van der Waals surface area contributed by atoms with Crippen LogP contribution in [-0.2, 0) is 13.1 Å². The van der Waals surface area contributed by atoms with Crippen molar-refractivity contribution in [3.8, 4) is 0 Å². The van der Waals surface area contributed by atoms with Gasteiger partial charge in [-0.1, -0.05) is 0 Å². The molecule has 23 heavy (non-hydrogen) atoms. The highest BCUT2D eigenvalue weighted by atomic mass is 32.1. The highest BCUT2D eigenvalue weighted by Gasteiger charge is 2.20. The molecule has 0 aliphatic heterocycles. The van der Waals surface area contributed by atoms with E-state index < -0.39 is 0 Å². The van der Waals surface area contributed by atoms with Gasteiger partial charge in [0, 0.05) is 30.5 Å². The fourth-order valence-electron chi connectivity index (χ4n) is 2.15. The van der Waals surface area contributed by atoms with Gasteiger partial charge in [0.15, 0.2) is 5.76 Å². The molecule has 0 fully saturated rings. The van der Waals surface area contributed by atoms with E-state index in [-0.39, 0.29) is 24.8 Å². The van der Waals surface area contributed by atoms with Crippen molar-refractivity contribution in [2.75, 3.05) is 13.2 Å². The molecule has 0 aromatic carbocycles. The zero-order valence-electron chi connectivity index (χ0n) is 12.3. The van der Waals surface area contributed by atoms with Gasteiger partial charge in [-0.25, -0.2) is 4.98 Å². The van der Waals surface area contributed by atoms with E-state index in [9.17, 15) is 9.90 Å². The SMILES string of the molecule is O=C(c1ccc(Cn2cccn2)o1)N(CCO)Cc1nccs1.